The number of carboxylic acid groups (broad SMARTS) is 1. The van der Waals surface area contributed by atoms with Crippen molar-refractivity contribution in [2.75, 3.05) is 0 Å². The van der Waals surface area contributed by atoms with E-state index in [0.29, 0.717) is 10.6 Å². The lowest BCUT2D eigenvalue weighted by Crippen LogP contribution is -1.99. The summed E-state index contributed by atoms with van der Waals surface area (Å²) in [6.45, 7) is 0. The molecule has 1 heterocycles. The Labute approximate surface area is 118 Å². The van der Waals surface area contributed by atoms with Crippen LogP contribution in [0, 0.1) is 10.1 Å². The number of rotatable bonds is 5. The Bertz CT molecular complexity index is 651. The molecule has 0 aliphatic rings. The molecule has 0 atom stereocenters. The molecular weight excluding hydrogens is 282 g/mol. The normalized spacial score (nSPS) is 10.4. The van der Waals surface area contributed by atoms with Crippen molar-refractivity contribution < 1.29 is 14.8 Å². The van der Waals surface area contributed by atoms with Gasteiger partial charge in [0.25, 0.3) is 0 Å². The number of aliphatic carboxylic acids is 1. The average Bonchev–Trinajstić information content (AvgIpc) is 2.73. The van der Waals surface area contributed by atoms with Crippen LogP contribution in [0.4, 0.5) is 5.82 Å². The molecule has 0 radical (unpaired) electrons. The fraction of sp³-hybridized carbons (Fsp3) is 0.167. The van der Waals surface area contributed by atoms with E-state index in [0.717, 1.165) is 4.90 Å². The monoisotopic (exact) mass is 293 g/mol. The highest BCUT2D eigenvalue weighted by atomic mass is 32.2. The minimum Gasteiger partial charge on any atom is -0.481 e. The SMILES string of the molecule is Cn1cnc([N+](=O)[O-])c1Sc1ccc(CC(=O)O)cc1. The van der Waals surface area contributed by atoms with Crippen LogP contribution in [0.3, 0.4) is 0 Å². The molecule has 0 spiro atoms. The third-order valence-electron chi connectivity index (χ3n) is 2.53. The van der Waals surface area contributed by atoms with Crippen molar-refractivity contribution in [3.05, 3.63) is 46.3 Å². The molecule has 104 valence electrons. The Morgan fingerprint density at radius 1 is 1.45 bits per heavy atom. The van der Waals surface area contributed by atoms with Crippen molar-refractivity contribution >= 4 is 23.5 Å². The van der Waals surface area contributed by atoms with Crippen molar-refractivity contribution in [3.63, 3.8) is 0 Å². The average molecular weight is 293 g/mol. The Hall–Kier alpha value is -2.35. The smallest absolute Gasteiger partial charge is 0.396 e. The molecule has 1 aromatic carbocycles. The van der Waals surface area contributed by atoms with Gasteiger partial charge in [-0.05, 0) is 27.6 Å². The largest absolute Gasteiger partial charge is 0.481 e. The van der Waals surface area contributed by atoms with E-state index in [9.17, 15) is 14.9 Å². The zero-order chi connectivity index (χ0) is 14.7. The summed E-state index contributed by atoms with van der Waals surface area (Å²) in [7, 11) is 1.68. The Morgan fingerprint density at radius 3 is 2.65 bits per heavy atom. The third kappa shape index (κ3) is 3.15. The lowest BCUT2D eigenvalue weighted by molar-refractivity contribution is -0.392. The summed E-state index contributed by atoms with van der Waals surface area (Å²) in [6, 6.07) is 6.86. The van der Waals surface area contributed by atoms with E-state index in [1.165, 1.54) is 18.1 Å². The Kier molecular flexibility index (Phi) is 4.04. The third-order valence-corrected chi connectivity index (χ3v) is 3.70. The molecule has 0 bridgehead atoms. The van der Waals surface area contributed by atoms with E-state index < -0.39 is 10.9 Å². The summed E-state index contributed by atoms with van der Waals surface area (Å²) in [5.41, 5.74) is 0.682. The molecule has 0 amide bonds. The van der Waals surface area contributed by atoms with Crippen molar-refractivity contribution in [1.29, 1.82) is 0 Å². The molecule has 0 saturated carbocycles. The summed E-state index contributed by atoms with van der Waals surface area (Å²) in [5.74, 6) is -1.08. The fourth-order valence-electron chi connectivity index (χ4n) is 1.61. The van der Waals surface area contributed by atoms with Gasteiger partial charge in [0, 0.05) is 11.9 Å². The number of nitrogens with zero attached hydrogens (tertiary/aromatic N) is 3. The van der Waals surface area contributed by atoms with Crippen LogP contribution in [-0.4, -0.2) is 25.6 Å². The molecular formula is C12H11N3O4S. The Morgan fingerprint density at radius 2 is 2.10 bits per heavy atom. The van der Waals surface area contributed by atoms with E-state index >= 15 is 0 Å². The van der Waals surface area contributed by atoms with Crippen molar-refractivity contribution in [3.8, 4) is 0 Å². The van der Waals surface area contributed by atoms with Crippen molar-refractivity contribution in [2.24, 2.45) is 7.05 Å². The topological polar surface area (TPSA) is 98.3 Å². The molecule has 8 heteroatoms. The summed E-state index contributed by atoms with van der Waals surface area (Å²) in [4.78, 5) is 25.4. The van der Waals surface area contributed by atoms with Gasteiger partial charge >= 0.3 is 11.8 Å². The van der Waals surface area contributed by atoms with Gasteiger partial charge in [-0.15, -0.1) is 0 Å². The van der Waals surface area contributed by atoms with Crippen LogP contribution in [-0.2, 0) is 18.3 Å². The fourth-order valence-corrected chi connectivity index (χ4v) is 2.52. The van der Waals surface area contributed by atoms with Gasteiger partial charge in [-0.25, -0.2) is 0 Å². The number of hydrogen-bond acceptors (Lipinski definition) is 5. The Balaban J connectivity index is 2.20. The zero-order valence-corrected chi connectivity index (χ0v) is 11.3. The highest BCUT2D eigenvalue weighted by molar-refractivity contribution is 7.99. The summed E-state index contributed by atoms with van der Waals surface area (Å²) in [6.07, 6.45) is 1.34. The maximum Gasteiger partial charge on any atom is 0.396 e. The van der Waals surface area contributed by atoms with Gasteiger partial charge in [-0.2, -0.15) is 0 Å². The van der Waals surface area contributed by atoms with Gasteiger partial charge in [0.1, 0.15) is 0 Å². The molecule has 0 saturated heterocycles. The molecule has 7 nitrogen and oxygen atoms in total. The minimum atomic E-state index is -0.896. The van der Waals surface area contributed by atoms with Crippen LogP contribution in [0.5, 0.6) is 0 Å². The van der Waals surface area contributed by atoms with E-state index in [-0.39, 0.29) is 12.2 Å². The summed E-state index contributed by atoms with van der Waals surface area (Å²) in [5, 5.41) is 20.0. The number of aryl methyl sites for hydroxylation is 1. The summed E-state index contributed by atoms with van der Waals surface area (Å²) >= 11 is 1.21. The summed E-state index contributed by atoms with van der Waals surface area (Å²) < 4.78 is 1.58. The second kappa shape index (κ2) is 5.74. The quantitative estimate of drug-likeness (QED) is 0.669. The van der Waals surface area contributed by atoms with Crippen LogP contribution >= 0.6 is 11.8 Å². The van der Waals surface area contributed by atoms with Gasteiger partial charge in [0.2, 0.25) is 6.33 Å². The predicted molar refractivity (Wildman–Crippen MR) is 71.8 cm³/mol. The van der Waals surface area contributed by atoms with E-state index in [2.05, 4.69) is 4.98 Å². The second-order valence-electron chi connectivity index (χ2n) is 4.06. The highest BCUT2D eigenvalue weighted by Gasteiger charge is 2.20. The first-order valence-corrected chi connectivity index (χ1v) is 6.43. The number of hydrogen-bond donors (Lipinski definition) is 1. The molecule has 0 aliphatic carbocycles. The van der Waals surface area contributed by atoms with Gasteiger partial charge in [0.15, 0.2) is 5.03 Å². The van der Waals surface area contributed by atoms with Crippen LogP contribution < -0.4 is 0 Å². The maximum absolute atomic E-state index is 10.9. The molecule has 2 aromatic rings. The number of carboxylic acids is 1. The zero-order valence-electron chi connectivity index (χ0n) is 10.5. The van der Waals surface area contributed by atoms with Crippen molar-refractivity contribution in [2.45, 2.75) is 16.3 Å². The molecule has 20 heavy (non-hydrogen) atoms. The van der Waals surface area contributed by atoms with Crippen LogP contribution in [0.1, 0.15) is 5.56 Å². The van der Waals surface area contributed by atoms with Gasteiger partial charge in [-0.3, -0.25) is 4.79 Å². The predicted octanol–water partition coefficient (Wildman–Crippen LogP) is 2.11. The molecule has 1 N–H and O–H groups in total. The van der Waals surface area contributed by atoms with E-state index in [1.807, 2.05) is 0 Å². The van der Waals surface area contributed by atoms with Crippen LogP contribution in [0.25, 0.3) is 0 Å². The molecule has 0 unspecified atom stereocenters. The molecule has 2 rings (SSSR count). The highest BCUT2D eigenvalue weighted by Crippen LogP contribution is 2.33. The van der Waals surface area contributed by atoms with Crippen molar-refractivity contribution in [1.82, 2.24) is 9.55 Å². The van der Waals surface area contributed by atoms with Crippen LogP contribution in [0.15, 0.2) is 40.5 Å². The molecule has 0 aliphatic heterocycles. The molecule has 0 fully saturated rings. The molecule has 1 aromatic heterocycles. The van der Waals surface area contributed by atoms with Crippen LogP contribution in [0.2, 0.25) is 0 Å². The number of aromatic nitrogens is 2. The standard InChI is InChI=1S/C12H11N3O4S/c1-14-7-13-11(15(18)19)12(14)20-9-4-2-8(3-5-9)6-10(16)17/h2-5,7H,6H2,1H3,(H,16,17). The number of carbonyl (C=O) groups is 1. The minimum absolute atomic E-state index is 0.0448. The van der Waals surface area contributed by atoms with Gasteiger partial charge in [0.05, 0.1) is 6.42 Å². The van der Waals surface area contributed by atoms with Gasteiger partial charge < -0.3 is 19.8 Å². The number of nitro groups is 1. The van der Waals surface area contributed by atoms with Gasteiger partial charge in [-0.1, -0.05) is 23.9 Å². The van der Waals surface area contributed by atoms with E-state index in [1.54, 1.807) is 35.9 Å². The lowest BCUT2D eigenvalue weighted by Gasteiger charge is -2.03. The first kappa shape index (κ1) is 14.1. The van der Waals surface area contributed by atoms with E-state index in [4.69, 9.17) is 5.11 Å². The first-order chi connectivity index (χ1) is 9.47. The lowest BCUT2D eigenvalue weighted by atomic mass is 10.2. The number of benzene rings is 1. The maximum atomic E-state index is 10.9. The second-order valence-corrected chi connectivity index (χ2v) is 5.12. The first-order valence-electron chi connectivity index (χ1n) is 5.61. The number of imidazole rings is 1.